The summed E-state index contributed by atoms with van der Waals surface area (Å²) in [6, 6.07) is 0. The molecule has 0 bridgehead atoms. The van der Waals surface area contributed by atoms with Crippen LogP contribution < -0.4 is 0 Å². The van der Waals surface area contributed by atoms with Crippen molar-refractivity contribution in [3.8, 4) is 0 Å². The fraction of sp³-hybridized carbons (Fsp3) is 0.875. The summed E-state index contributed by atoms with van der Waals surface area (Å²) in [5, 5.41) is 8.81. The third-order valence-corrected chi connectivity index (χ3v) is 4.37. The monoisotopic (exact) mass is 206 g/mol. The molecule has 0 amide bonds. The van der Waals surface area contributed by atoms with Gasteiger partial charge in [0, 0.05) is 0 Å². The fourth-order valence-corrected chi connectivity index (χ4v) is 3.58. The van der Waals surface area contributed by atoms with E-state index >= 15 is 0 Å². The van der Waals surface area contributed by atoms with E-state index in [0.29, 0.717) is 6.42 Å². The van der Waals surface area contributed by atoms with Gasteiger partial charge in [-0.15, -0.1) is 0 Å². The number of sulfone groups is 1. The van der Waals surface area contributed by atoms with Gasteiger partial charge < -0.3 is 5.11 Å². The van der Waals surface area contributed by atoms with Crippen LogP contribution in [-0.4, -0.2) is 31.0 Å². The molecule has 0 aromatic rings. The summed E-state index contributed by atoms with van der Waals surface area (Å²) in [7, 11) is -3.10. The smallest absolute Gasteiger partial charge is 0.307 e. The molecule has 4 nitrogen and oxygen atoms in total. The van der Waals surface area contributed by atoms with Crippen LogP contribution in [0.15, 0.2) is 0 Å². The molecule has 1 aliphatic rings. The minimum absolute atomic E-state index is 0.0287. The Balaban J connectivity index is 2.80. The topological polar surface area (TPSA) is 71.4 Å². The van der Waals surface area contributed by atoms with E-state index in [0.717, 1.165) is 6.42 Å². The second-order valence-electron chi connectivity index (χ2n) is 3.52. The number of carboxylic acids is 1. The van der Waals surface area contributed by atoms with Crippen LogP contribution in [0, 0.1) is 11.8 Å². The van der Waals surface area contributed by atoms with Crippen LogP contribution in [0.4, 0.5) is 0 Å². The summed E-state index contributed by atoms with van der Waals surface area (Å²) >= 11 is 0. The van der Waals surface area contributed by atoms with Crippen LogP contribution in [0.2, 0.25) is 0 Å². The lowest BCUT2D eigenvalue weighted by Gasteiger charge is -2.27. The maximum Gasteiger partial charge on any atom is 0.307 e. The van der Waals surface area contributed by atoms with Crippen LogP contribution in [0.3, 0.4) is 0 Å². The quantitative estimate of drug-likeness (QED) is 0.715. The van der Waals surface area contributed by atoms with E-state index in [1.165, 1.54) is 0 Å². The average Bonchev–Trinajstić information content (AvgIpc) is 2.03. The van der Waals surface area contributed by atoms with Crippen LogP contribution in [0.1, 0.15) is 19.8 Å². The number of carboxylic acid groups (broad SMARTS) is 1. The summed E-state index contributed by atoms with van der Waals surface area (Å²) in [5.41, 5.74) is 0. The third kappa shape index (κ3) is 2.43. The highest BCUT2D eigenvalue weighted by atomic mass is 32.2. The molecule has 1 aliphatic heterocycles. The van der Waals surface area contributed by atoms with E-state index in [1.807, 2.05) is 6.92 Å². The molecule has 0 aliphatic carbocycles. The van der Waals surface area contributed by atoms with Crippen molar-refractivity contribution >= 4 is 15.8 Å². The molecule has 0 spiro atoms. The summed E-state index contributed by atoms with van der Waals surface area (Å²) in [4.78, 5) is 10.7. The Kier molecular flexibility index (Phi) is 2.95. The van der Waals surface area contributed by atoms with Crippen molar-refractivity contribution in [2.45, 2.75) is 19.8 Å². The number of hydrogen-bond donors (Lipinski definition) is 1. The second-order valence-corrected chi connectivity index (χ2v) is 5.74. The van der Waals surface area contributed by atoms with Gasteiger partial charge in [-0.2, -0.15) is 0 Å². The molecule has 0 aromatic carbocycles. The zero-order valence-electron chi connectivity index (χ0n) is 7.56. The number of rotatable bonds is 2. The first kappa shape index (κ1) is 10.5. The highest BCUT2D eigenvalue weighted by Crippen LogP contribution is 2.27. The molecule has 1 fully saturated rings. The molecule has 1 N–H and O–H groups in total. The fourth-order valence-electron chi connectivity index (χ4n) is 1.79. The van der Waals surface area contributed by atoms with Gasteiger partial charge in [0.1, 0.15) is 0 Å². The Bertz CT molecular complexity index is 293. The zero-order chi connectivity index (χ0) is 10.1. The van der Waals surface area contributed by atoms with Crippen LogP contribution in [0.5, 0.6) is 0 Å². The first-order valence-corrected chi connectivity index (χ1v) is 6.21. The van der Waals surface area contributed by atoms with Gasteiger partial charge in [-0.1, -0.05) is 13.3 Å². The van der Waals surface area contributed by atoms with Crippen molar-refractivity contribution in [1.29, 1.82) is 0 Å². The Hall–Kier alpha value is -0.580. The molecule has 0 aromatic heterocycles. The van der Waals surface area contributed by atoms with E-state index < -0.39 is 21.7 Å². The number of carbonyl (C=O) groups is 1. The van der Waals surface area contributed by atoms with Crippen molar-refractivity contribution in [3.05, 3.63) is 0 Å². The molecular weight excluding hydrogens is 192 g/mol. The largest absolute Gasteiger partial charge is 0.481 e. The Morgan fingerprint density at radius 1 is 1.54 bits per heavy atom. The van der Waals surface area contributed by atoms with E-state index in [-0.39, 0.29) is 17.4 Å². The van der Waals surface area contributed by atoms with Gasteiger partial charge in [0.2, 0.25) is 0 Å². The van der Waals surface area contributed by atoms with Crippen molar-refractivity contribution < 1.29 is 18.3 Å². The molecule has 1 rings (SSSR count). The highest BCUT2D eigenvalue weighted by Gasteiger charge is 2.36. The number of aliphatic carboxylic acids is 1. The van der Waals surface area contributed by atoms with Gasteiger partial charge in [-0.3, -0.25) is 4.79 Å². The van der Waals surface area contributed by atoms with Crippen molar-refractivity contribution in [3.63, 3.8) is 0 Å². The van der Waals surface area contributed by atoms with Crippen molar-refractivity contribution in [2.24, 2.45) is 11.8 Å². The van der Waals surface area contributed by atoms with Gasteiger partial charge in [-0.25, -0.2) is 8.42 Å². The molecule has 5 heteroatoms. The lowest BCUT2D eigenvalue weighted by Crippen LogP contribution is -2.37. The minimum atomic E-state index is -3.10. The first-order chi connectivity index (χ1) is 5.96. The first-order valence-electron chi connectivity index (χ1n) is 4.39. The SMILES string of the molecule is CCC1CCS(=O)(=O)CC1C(=O)O. The Morgan fingerprint density at radius 2 is 2.15 bits per heavy atom. The Morgan fingerprint density at radius 3 is 2.62 bits per heavy atom. The minimum Gasteiger partial charge on any atom is -0.481 e. The molecule has 1 saturated heterocycles. The summed E-state index contributed by atoms with van der Waals surface area (Å²) in [6.45, 7) is 1.90. The molecule has 76 valence electrons. The van der Waals surface area contributed by atoms with Crippen LogP contribution in [-0.2, 0) is 14.6 Å². The predicted octanol–water partition coefficient (Wildman–Crippen LogP) is 0.532. The maximum absolute atomic E-state index is 11.2. The van der Waals surface area contributed by atoms with Crippen molar-refractivity contribution in [2.75, 3.05) is 11.5 Å². The zero-order valence-corrected chi connectivity index (χ0v) is 8.38. The second kappa shape index (κ2) is 3.65. The van der Waals surface area contributed by atoms with Crippen LogP contribution in [0.25, 0.3) is 0 Å². The van der Waals surface area contributed by atoms with Gasteiger partial charge in [0.15, 0.2) is 9.84 Å². The summed E-state index contributed by atoms with van der Waals surface area (Å²) in [5.74, 6) is -1.67. The standard InChI is InChI=1S/C8H14O4S/c1-2-6-3-4-13(11,12)5-7(6)8(9)10/h6-7H,2-5H2,1H3,(H,9,10). The van der Waals surface area contributed by atoms with E-state index in [4.69, 9.17) is 5.11 Å². The predicted molar refractivity (Wildman–Crippen MR) is 48.2 cm³/mol. The third-order valence-electron chi connectivity index (χ3n) is 2.64. The number of hydrogen-bond acceptors (Lipinski definition) is 3. The maximum atomic E-state index is 11.2. The van der Waals surface area contributed by atoms with Crippen LogP contribution >= 0.6 is 0 Å². The molecule has 0 radical (unpaired) electrons. The Labute approximate surface area is 77.9 Å². The van der Waals surface area contributed by atoms with Gasteiger partial charge in [0.25, 0.3) is 0 Å². The van der Waals surface area contributed by atoms with Gasteiger partial charge in [0.05, 0.1) is 17.4 Å². The normalized spacial score (nSPS) is 32.7. The lowest BCUT2D eigenvalue weighted by molar-refractivity contribution is -0.143. The molecule has 0 saturated carbocycles. The van der Waals surface area contributed by atoms with E-state index in [1.54, 1.807) is 0 Å². The molecular formula is C8H14O4S. The average molecular weight is 206 g/mol. The molecule has 1 heterocycles. The van der Waals surface area contributed by atoms with Gasteiger partial charge >= 0.3 is 5.97 Å². The molecule has 2 atom stereocenters. The molecule has 2 unspecified atom stereocenters. The molecule has 13 heavy (non-hydrogen) atoms. The summed E-state index contributed by atoms with van der Waals surface area (Å²) < 4.78 is 22.3. The highest BCUT2D eigenvalue weighted by molar-refractivity contribution is 7.91. The van der Waals surface area contributed by atoms with Gasteiger partial charge in [-0.05, 0) is 12.3 Å². The summed E-state index contributed by atoms with van der Waals surface area (Å²) in [6.07, 6.45) is 1.24. The lowest BCUT2D eigenvalue weighted by atomic mass is 9.89. The van der Waals surface area contributed by atoms with E-state index in [2.05, 4.69) is 0 Å². The van der Waals surface area contributed by atoms with E-state index in [9.17, 15) is 13.2 Å². The van der Waals surface area contributed by atoms with Crippen molar-refractivity contribution in [1.82, 2.24) is 0 Å².